The molecule has 0 saturated heterocycles. The quantitative estimate of drug-likeness (QED) is 0.150. The molecule has 0 fully saturated rings. The molecule has 39 heavy (non-hydrogen) atoms. The van der Waals surface area contributed by atoms with Crippen LogP contribution >= 0.6 is 0 Å². The fourth-order valence-electron chi connectivity index (χ4n) is 4.60. The van der Waals surface area contributed by atoms with E-state index in [0.717, 1.165) is 55.0 Å². The highest BCUT2D eigenvalue weighted by Crippen LogP contribution is 2.40. The minimum atomic E-state index is -0.310. The SMILES string of the molecule is CC(C)=CCC/C(C)=C/CC/C(C)=C/CC/C(C)=C/Cc1c(C)c(O)c2ccccc2c1OC(=O)CN(C)C. The molecule has 212 valence electrons. The number of hydrogen-bond donors (Lipinski definition) is 1. The molecule has 0 radical (unpaired) electrons. The third-order valence-corrected chi connectivity index (χ3v) is 6.98. The summed E-state index contributed by atoms with van der Waals surface area (Å²) in [5.74, 6) is 0.492. The third-order valence-electron chi connectivity index (χ3n) is 6.98. The van der Waals surface area contributed by atoms with Crippen LogP contribution in [-0.2, 0) is 11.2 Å². The number of benzene rings is 2. The average Bonchev–Trinajstić information content (AvgIpc) is 2.86. The van der Waals surface area contributed by atoms with Crippen molar-refractivity contribution in [3.05, 3.63) is 82.0 Å². The molecular formula is C35H49NO3. The van der Waals surface area contributed by atoms with Crippen LogP contribution in [0.15, 0.2) is 70.9 Å². The van der Waals surface area contributed by atoms with Gasteiger partial charge in [0.05, 0.1) is 6.54 Å². The molecule has 0 unspecified atom stereocenters. The molecule has 0 aliphatic rings. The van der Waals surface area contributed by atoms with Crippen LogP contribution in [0.25, 0.3) is 10.8 Å². The van der Waals surface area contributed by atoms with E-state index in [0.29, 0.717) is 17.6 Å². The molecule has 0 spiro atoms. The highest BCUT2D eigenvalue weighted by atomic mass is 16.5. The molecule has 4 heteroatoms. The van der Waals surface area contributed by atoms with E-state index in [2.05, 4.69) is 58.9 Å². The number of rotatable bonds is 14. The maximum Gasteiger partial charge on any atom is 0.325 e. The fraction of sp³-hybridized carbons (Fsp3) is 0.457. The lowest BCUT2D eigenvalue weighted by Crippen LogP contribution is -2.26. The maximum absolute atomic E-state index is 12.6. The standard InChI is InChI=1S/C35H49NO3/c1-25(2)14-11-15-26(3)16-12-17-27(4)18-13-19-28(5)22-23-30-29(6)34(38)31-20-9-10-21-32(31)35(30)39-33(37)24-36(7)8/h9-10,14,16,18,20-22,38H,11-13,15,17,19,23-24H2,1-8H3/b26-16+,27-18+,28-22+. The normalized spacial score (nSPS) is 12.8. The Morgan fingerprint density at radius 3 is 1.87 bits per heavy atom. The van der Waals surface area contributed by atoms with Gasteiger partial charge in [-0.05, 0) is 106 Å². The predicted octanol–water partition coefficient (Wildman–Crippen LogP) is 9.01. The van der Waals surface area contributed by atoms with E-state index in [4.69, 9.17) is 4.74 Å². The monoisotopic (exact) mass is 531 g/mol. The summed E-state index contributed by atoms with van der Waals surface area (Å²) in [5, 5.41) is 12.4. The molecule has 0 aliphatic carbocycles. The zero-order valence-electron chi connectivity index (χ0n) is 25.5. The number of phenols is 1. The Morgan fingerprint density at radius 2 is 1.33 bits per heavy atom. The number of esters is 1. The van der Waals surface area contributed by atoms with Gasteiger partial charge in [0.15, 0.2) is 0 Å². The lowest BCUT2D eigenvalue weighted by atomic mass is 9.95. The van der Waals surface area contributed by atoms with E-state index < -0.39 is 0 Å². The van der Waals surface area contributed by atoms with Gasteiger partial charge in [-0.15, -0.1) is 0 Å². The van der Waals surface area contributed by atoms with Crippen LogP contribution in [0.3, 0.4) is 0 Å². The molecule has 0 aromatic heterocycles. The number of hydrogen-bond acceptors (Lipinski definition) is 4. The minimum Gasteiger partial charge on any atom is -0.507 e. The Labute approximate surface area is 236 Å². The molecule has 0 saturated carbocycles. The van der Waals surface area contributed by atoms with E-state index >= 15 is 0 Å². The summed E-state index contributed by atoms with van der Waals surface area (Å²) in [5.41, 5.74) is 7.19. The lowest BCUT2D eigenvalue weighted by Gasteiger charge is -2.18. The molecule has 2 aromatic carbocycles. The van der Waals surface area contributed by atoms with E-state index in [1.807, 2.05) is 45.3 Å². The number of carbonyl (C=O) groups excluding carboxylic acids is 1. The summed E-state index contributed by atoms with van der Waals surface area (Å²) in [7, 11) is 3.69. The van der Waals surface area contributed by atoms with Crippen molar-refractivity contribution in [1.29, 1.82) is 0 Å². The zero-order valence-corrected chi connectivity index (χ0v) is 25.5. The molecule has 4 nitrogen and oxygen atoms in total. The van der Waals surface area contributed by atoms with Gasteiger partial charge >= 0.3 is 5.97 Å². The number of nitrogens with zero attached hydrogens (tertiary/aromatic N) is 1. The van der Waals surface area contributed by atoms with Crippen molar-refractivity contribution in [3.63, 3.8) is 0 Å². The van der Waals surface area contributed by atoms with Crippen molar-refractivity contribution >= 4 is 16.7 Å². The average molecular weight is 532 g/mol. The number of phenolic OH excluding ortho intramolecular Hbond substituents is 1. The Balaban J connectivity index is 2.06. The number of carbonyl (C=O) groups is 1. The summed E-state index contributed by atoms with van der Waals surface area (Å²) >= 11 is 0. The third kappa shape index (κ3) is 10.9. The first-order chi connectivity index (χ1) is 18.5. The highest BCUT2D eigenvalue weighted by molar-refractivity contribution is 5.97. The zero-order chi connectivity index (χ0) is 28.9. The van der Waals surface area contributed by atoms with Crippen molar-refractivity contribution < 1.29 is 14.6 Å². The van der Waals surface area contributed by atoms with Crippen LogP contribution in [0.1, 0.15) is 84.3 Å². The van der Waals surface area contributed by atoms with Crippen molar-refractivity contribution in [2.24, 2.45) is 0 Å². The van der Waals surface area contributed by atoms with Crippen LogP contribution in [0.4, 0.5) is 0 Å². The molecule has 0 bridgehead atoms. The largest absolute Gasteiger partial charge is 0.507 e. The molecule has 0 atom stereocenters. The first-order valence-corrected chi connectivity index (χ1v) is 14.2. The van der Waals surface area contributed by atoms with Gasteiger partial charge in [-0.2, -0.15) is 0 Å². The number of ether oxygens (including phenoxy) is 1. The number of fused-ring (bicyclic) bond motifs is 1. The van der Waals surface area contributed by atoms with Crippen LogP contribution < -0.4 is 4.74 Å². The molecule has 2 aromatic rings. The van der Waals surface area contributed by atoms with Gasteiger partial charge in [0, 0.05) is 16.3 Å². The highest BCUT2D eigenvalue weighted by Gasteiger charge is 2.19. The maximum atomic E-state index is 12.6. The second-order valence-corrected chi connectivity index (χ2v) is 11.3. The van der Waals surface area contributed by atoms with Gasteiger partial charge in [-0.25, -0.2) is 0 Å². The van der Waals surface area contributed by atoms with E-state index in [1.165, 1.54) is 22.3 Å². The van der Waals surface area contributed by atoms with E-state index in [-0.39, 0.29) is 18.3 Å². The Bertz CT molecular complexity index is 1240. The first-order valence-electron chi connectivity index (χ1n) is 14.2. The Kier molecular flexibility index (Phi) is 13.3. The lowest BCUT2D eigenvalue weighted by molar-refractivity contribution is -0.135. The first kappa shape index (κ1) is 32.1. The molecular weight excluding hydrogens is 482 g/mol. The topological polar surface area (TPSA) is 49.8 Å². The van der Waals surface area contributed by atoms with Crippen molar-refractivity contribution in [2.75, 3.05) is 20.6 Å². The predicted molar refractivity (Wildman–Crippen MR) is 167 cm³/mol. The fourth-order valence-corrected chi connectivity index (χ4v) is 4.60. The number of allylic oxidation sites excluding steroid dienone is 8. The van der Waals surface area contributed by atoms with E-state index in [1.54, 1.807) is 4.90 Å². The summed E-state index contributed by atoms with van der Waals surface area (Å²) in [6.07, 6.45) is 16.3. The second kappa shape index (κ2) is 16.1. The van der Waals surface area contributed by atoms with Gasteiger partial charge in [0.1, 0.15) is 11.5 Å². The van der Waals surface area contributed by atoms with Crippen LogP contribution in [-0.4, -0.2) is 36.6 Å². The van der Waals surface area contributed by atoms with E-state index in [9.17, 15) is 9.90 Å². The smallest absolute Gasteiger partial charge is 0.325 e. The number of likely N-dealkylation sites (N-methyl/N-ethyl adjacent to an activating group) is 1. The van der Waals surface area contributed by atoms with Gasteiger partial charge in [0.25, 0.3) is 0 Å². The van der Waals surface area contributed by atoms with Crippen LogP contribution in [0, 0.1) is 6.92 Å². The van der Waals surface area contributed by atoms with Crippen molar-refractivity contribution in [2.45, 2.75) is 86.5 Å². The van der Waals surface area contributed by atoms with Crippen LogP contribution in [0.2, 0.25) is 0 Å². The second-order valence-electron chi connectivity index (χ2n) is 11.3. The van der Waals surface area contributed by atoms with Gasteiger partial charge in [0.2, 0.25) is 0 Å². The molecule has 0 aliphatic heterocycles. The molecule has 2 rings (SSSR count). The molecule has 0 heterocycles. The van der Waals surface area contributed by atoms with Gasteiger partial charge in [-0.3, -0.25) is 9.69 Å². The molecule has 0 amide bonds. The summed E-state index contributed by atoms with van der Waals surface area (Å²) in [6.45, 7) is 13.0. The summed E-state index contributed by atoms with van der Waals surface area (Å²) in [4.78, 5) is 14.4. The molecule has 1 N–H and O–H groups in total. The van der Waals surface area contributed by atoms with Crippen LogP contribution in [0.5, 0.6) is 11.5 Å². The minimum absolute atomic E-state index is 0.194. The van der Waals surface area contributed by atoms with Crippen molar-refractivity contribution in [1.82, 2.24) is 4.90 Å². The number of aromatic hydroxyl groups is 1. The Hall–Kier alpha value is -3.11. The summed E-state index contributed by atoms with van der Waals surface area (Å²) < 4.78 is 5.90. The van der Waals surface area contributed by atoms with Gasteiger partial charge < -0.3 is 9.84 Å². The summed E-state index contributed by atoms with van der Waals surface area (Å²) in [6, 6.07) is 7.56. The Morgan fingerprint density at radius 1 is 0.821 bits per heavy atom. The van der Waals surface area contributed by atoms with Gasteiger partial charge in [-0.1, -0.05) is 70.9 Å². The van der Waals surface area contributed by atoms with Crippen molar-refractivity contribution in [3.8, 4) is 11.5 Å².